The van der Waals surface area contributed by atoms with Crippen LogP contribution in [0.2, 0.25) is 0 Å². The number of hydrogen-bond donors (Lipinski definition) is 1. The van der Waals surface area contributed by atoms with Gasteiger partial charge in [-0.2, -0.15) is 0 Å². The molecule has 0 saturated carbocycles. The number of fused-ring (bicyclic) bond motifs is 1. The molecule has 0 aliphatic carbocycles. The number of aromatic hydroxyl groups is 1. The van der Waals surface area contributed by atoms with E-state index < -0.39 is 0 Å². The number of ether oxygens (including phenoxy) is 1. The lowest BCUT2D eigenvalue weighted by Crippen LogP contribution is -2.25. The molecule has 0 fully saturated rings. The molecule has 140 valence electrons. The van der Waals surface area contributed by atoms with Gasteiger partial charge in [-0.15, -0.1) is 0 Å². The van der Waals surface area contributed by atoms with Crippen LogP contribution in [-0.2, 0) is 13.1 Å². The number of carbonyl (C=O) groups is 1. The van der Waals surface area contributed by atoms with Crippen molar-refractivity contribution in [1.29, 1.82) is 0 Å². The lowest BCUT2D eigenvalue weighted by atomic mass is 9.98. The molecule has 0 saturated heterocycles. The van der Waals surface area contributed by atoms with Crippen LogP contribution in [0, 0.1) is 6.92 Å². The Hall–Kier alpha value is -2.49. The predicted octanol–water partition coefficient (Wildman–Crippen LogP) is 5.01. The Bertz CT molecular complexity index is 796. The van der Waals surface area contributed by atoms with Gasteiger partial charge in [0.05, 0.1) is 12.7 Å². The van der Waals surface area contributed by atoms with E-state index in [1.807, 2.05) is 27.7 Å². The zero-order valence-corrected chi connectivity index (χ0v) is 16.6. The van der Waals surface area contributed by atoms with Crippen molar-refractivity contribution >= 4 is 5.91 Å². The highest BCUT2D eigenvalue weighted by molar-refractivity contribution is 5.97. The van der Waals surface area contributed by atoms with Gasteiger partial charge in [-0.3, -0.25) is 4.79 Å². The molecule has 2 aromatic rings. The molecule has 4 heteroatoms. The minimum absolute atomic E-state index is 0.0339. The molecule has 0 bridgehead atoms. The molecule has 26 heavy (non-hydrogen) atoms. The van der Waals surface area contributed by atoms with Crippen LogP contribution >= 0.6 is 0 Å². The normalized spacial score (nSPS) is 12.5. The van der Waals surface area contributed by atoms with Gasteiger partial charge in [0.25, 0.3) is 5.91 Å². The van der Waals surface area contributed by atoms with Crippen molar-refractivity contribution in [3.8, 4) is 11.5 Å². The molecular formula is C22H29NO3. The van der Waals surface area contributed by atoms with E-state index in [0.29, 0.717) is 24.4 Å². The minimum Gasteiger partial charge on any atom is -0.507 e. The first kappa shape index (κ1) is 19.8. The topological polar surface area (TPSA) is 49.8 Å². The summed E-state index contributed by atoms with van der Waals surface area (Å²) in [4.78, 5) is 14.7. The third-order valence-electron chi connectivity index (χ3n) is 4.57. The number of phenolic OH excluding ortho intramolecular Hbond substituents is 1. The molecule has 1 amide bonds. The van der Waals surface area contributed by atoms with Crippen LogP contribution in [0.4, 0.5) is 0 Å². The van der Waals surface area contributed by atoms with Gasteiger partial charge in [-0.05, 0) is 35.6 Å². The molecule has 2 aromatic carbocycles. The maximum absolute atomic E-state index is 12.9. The molecule has 0 radical (unpaired) electrons. The van der Waals surface area contributed by atoms with E-state index in [-0.39, 0.29) is 17.6 Å². The fourth-order valence-corrected chi connectivity index (χ4v) is 3.22. The lowest BCUT2D eigenvalue weighted by molar-refractivity contribution is 0.0748. The second kappa shape index (κ2) is 8.26. The van der Waals surface area contributed by atoms with Gasteiger partial charge in [-0.25, -0.2) is 0 Å². The Kier molecular flexibility index (Phi) is 6.30. The highest BCUT2D eigenvalue weighted by Gasteiger charge is 2.27. The molecular weight excluding hydrogens is 326 g/mol. The van der Waals surface area contributed by atoms with Crippen LogP contribution in [0.5, 0.6) is 11.5 Å². The number of phenols is 1. The van der Waals surface area contributed by atoms with Crippen molar-refractivity contribution in [2.75, 3.05) is 7.11 Å². The number of nitrogens with zero attached hydrogens (tertiary/aromatic N) is 1. The highest BCUT2D eigenvalue weighted by atomic mass is 16.5. The van der Waals surface area contributed by atoms with Crippen molar-refractivity contribution in [3.63, 3.8) is 0 Å². The summed E-state index contributed by atoms with van der Waals surface area (Å²) in [5.41, 5.74) is 4.80. The third-order valence-corrected chi connectivity index (χ3v) is 4.57. The molecule has 0 atom stereocenters. The Morgan fingerprint density at radius 3 is 2.38 bits per heavy atom. The number of methoxy groups -OCH3 is 1. The Morgan fingerprint density at radius 1 is 1.12 bits per heavy atom. The zero-order chi connectivity index (χ0) is 19.4. The SMILES string of the molecule is CC.COc1cc(O)c(C(=O)N2Cc3ccc(C)cc3C2)cc1C(C)C. The maximum atomic E-state index is 12.9. The van der Waals surface area contributed by atoms with Crippen LogP contribution in [0.25, 0.3) is 0 Å². The number of amides is 1. The summed E-state index contributed by atoms with van der Waals surface area (Å²) in [5.74, 6) is 0.629. The summed E-state index contributed by atoms with van der Waals surface area (Å²) in [6.07, 6.45) is 0. The number of carbonyl (C=O) groups excluding carboxylic acids is 1. The largest absolute Gasteiger partial charge is 0.507 e. The average molecular weight is 355 g/mol. The van der Waals surface area contributed by atoms with Crippen LogP contribution < -0.4 is 4.74 Å². The van der Waals surface area contributed by atoms with Crippen LogP contribution in [-0.4, -0.2) is 23.0 Å². The van der Waals surface area contributed by atoms with Crippen molar-refractivity contribution in [2.24, 2.45) is 0 Å². The predicted molar refractivity (Wildman–Crippen MR) is 105 cm³/mol. The average Bonchev–Trinajstić information content (AvgIpc) is 3.05. The maximum Gasteiger partial charge on any atom is 0.258 e. The summed E-state index contributed by atoms with van der Waals surface area (Å²) in [6, 6.07) is 9.56. The number of benzene rings is 2. The van der Waals surface area contributed by atoms with E-state index in [1.54, 1.807) is 18.1 Å². The molecule has 1 heterocycles. The summed E-state index contributed by atoms with van der Waals surface area (Å²) in [7, 11) is 1.57. The zero-order valence-electron chi connectivity index (χ0n) is 16.6. The van der Waals surface area contributed by atoms with E-state index in [0.717, 1.165) is 5.56 Å². The Balaban J connectivity index is 0.00000117. The van der Waals surface area contributed by atoms with E-state index >= 15 is 0 Å². The molecule has 3 rings (SSSR count). The third kappa shape index (κ3) is 3.85. The van der Waals surface area contributed by atoms with Crippen molar-refractivity contribution in [1.82, 2.24) is 4.90 Å². The van der Waals surface area contributed by atoms with Gasteiger partial charge in [-0.1, -0.05) is 51.5 Å². The van der Waals surface area contributed by atoms with E-state index in [1.165, 1.54) is 22.8 Å². The molecule has 0 spiro atoms. The fraction of sp³-hybridized carbons (Fsp3) is 0.409. The Morgan fingerprint density at radius 2 is 1.77 bits per heavy atom. The molecule has 0 unspecified atom stereocenters. The molecule has 1 N–H and O–H groups in total. The first-order valence-corrected chi connectivity index (χ1v) is 9.19. The quantitative estimate of drug-likeness (QED) is 0.841. The van der Waals surface area contributed by atoms with Crippen LogP contribution in [0.1, 0.15) is 66.2 Å². The smallest absolute Gasteiger partial charge is 0.258 e. The van der Waals surface area contributed by atoms with Gasteiger partial charge in [0.2, 0.25) is 0 Å². The Labute approximate surface area is 156 Å². The van der Waals surface area contributed by atoms with Gasteiger partial charge < -0.3 is 14.7 Å². The van der Waals surface area contributed by atoms with E-state index in [9.17, 15) is 9.90 Å². The molecule has 4 nitrogen and oxygen atoms in total. The fourth-order valence-electron chi connectivity index (χ4n) is 3.22. The van der Waals surface area contributed by atoms with Gasteiger partial charge in [0.15, 0.2) is 0 Å². The molecule has 1 aliphatic heterocycles. The van der Waals surface area contributed by atoms with E-state index in [2.05, 4.69) is 25.1 Å². The minimum atomic E-state index is -0.147. The summed E-state index contributed by atoms with van der Waals surface area (Å²) in [6.45, 7) is 11.3. The number of hydrogen-bond acceptors (Lipinski definition) is 3. The van der Waals surface area contributed by atoms with E-state index in [4.69, 9.17) is 4.74 Å². The first-order valence-electron chi connectivity index (χ1n) is 9.19. The van der Waals surface area contributed by atoms with Gasteiger partial charge >= 0.3 is 0 Å². The van der Waals surface area contributed by atoms with Crippen molar-refractivity contribution in [3.05, 3.63) is 58.1 Å². The molecule has 1 aliphatic rings. The summed E-state index contributed by atoms with van der Waals surface area (Å²) in [5, 5.41) is 10.3. The number of rotatable bonds is 3. The van der Waals surface area contributed by atoms with Crippen LogP contribution in [0.15, 0.2) is 30.3 Å². The monoisotopic (exact) mass is 355 g/mol. The molecule has 0 aromatic heterocycles. The number of aryl methyl sites for hydroxylation is 1. The van der Waals surface area contributed by atoms with Gasteiger partial charge in [0.1, 0.15) is 11.5 Å². The summed E-state index contributed by atoms with van der Waals surface area (Å²) >= 11 is 0. The summed E-state index contributed by atoms with van der Waals surface area (Å²) < 4.78 is 5.33. The van der Waals surface area contributed by atoms with Gasteiger partial charge in [0, 0.05) is 19.2 Å². The second-order valence-corrected chi connectivity index (χ2v) is 6.70. The van der Waals surface area contributed by atoms with Crippen LogP contribution in [0.3, 0.4) is 0 Å². The van der Waals surface area contributed by atoms with Crippen molar-refractivity contribution in [2.45, 2.75) is 53.6 Å². The lowest BCUT2D eigenvalue weighted by Gasteiger charge is -2.19. The first-order chi connectivity index (χ1) is 12.4. The standard InChI is InChI=1S/C20H23NO3.C2H6/c1-12(2)16-8-17(18(22)9-19(16)24-4)20(23)21-10-14-6-5-13(3)7-15(14)11-21;1-2/h5-9,12,22H,10-11H2,1-4H3;1-2H3. The highest BCUT2D eigenvalue weighted by Crippen LogP contribution is 2.35. The second-order valence-electron chi connectivity index (χ2n) is 6.70. The van der Waals surface area contributed by atoms with Crippen molar-refractivity contribution < 1.29 is 14.6 Å².